The van der Waals surface area contributed by atoms with Crippen LogP contribution in [0.15, 0.2) is 11.6 Å². The van der Waals surface area contributed by atoms with Gasteiger partial charge in [-0.15, -0.1) is 0 Å². The summed E-state index contributed by atoms with van der Waals surface area (Å²) in [6.07, 6.45) is 3.06. The van der Waals surface area contributed by atoms with E-state index in [0.717, 1.165) is 5.57 Å². The van der Waals surface area contributed by atoms with Gasteiger partial charge in [0.25, 0.3) is 0 Å². The van der Waals surface area contributed by atoms with E-state index in [-0.39, 0.29) is 0 Å². The van der Waals surface area contributed by atoms with Gasteiger partial charge in [-0.3, -0.25) is 0 Å². The minimum Gasteiger partial charge on any atom is -0.385 e. The molecule has 0 saturated carbocycles. The van der Waals surface area contributed by atoms with Crippen molar-refractivity contribution in [2.75, 3.05) is 0 Å². The number of hydrogen-bond acceptors (Lipinski definition) is 3. The molecule has 2 N–H and O–H groups in total. The van der Waals surface area contributed by atoms with Crippen molar-refractivity contribution in [1.29, 1.82) is 0 Å². The van der Waals surface area contributed by atoms with E-state index >= 15 is 0 Å². The third-order valence-electron chi connectivity index (χ3n) is 3.76. The van der Waals surface area contributed by atoms with Gasteiger partial charge in [0.2, 0.25) is 0 Å². The molecule has 1 fully saturated rings. The van der Waals surface area contributed by atoms with Crippen molar-refractivity contribution >= 4 is 0 Å². The van der Waals surface area contributed by atoms with E-state index in [4.69, 9.17) is 0 Å². The Morgan fingerprint density at radius 1 is 1.12 bits per heavy atom. The first kappa shape index (κ1) is 13.7. The molecule has 0 bridgehead atoms. The molecule has 3 nitrogen and oxygen atoms in total. The van der Waals surface area contributed by atoms with Gasteiger partial charge in [0, 0.05) is 23.9 Å². The molecule has 3 heteroatoms. The summed E-state index contributed by atoms with van der Waals surface area (Å²) in [4.78, 5) is 0. The highest BCUT2D eigenvalue weighted by atomic mass is 16.5. The Morgan fingerprint density at radius 3 is 1.81 bits per heavy atom. The summed E-state index contributed by atoms with van der Waals surface area (Å²) in [5.41, 5.74) is -0.649. The van der Waals surface area contributed by atoms with Crippen LogP contribution in [0.2, 0.25) is 0 Å². The lowest BCUT2D eigenvalue weighted by Gasteiger charge is -2.55. The molecule has 0 amide bonds. The van der Waals surface area contributed by atoms with Crippen LogP contribution in [0.4, 0.5) is 0 Å². The molecule has 0 aromatic heterocycles. The second-order valence-electron chi connectivity index (χ2n) is 6.29. The van der Waals surface area contributed by atoms with Gasteiger partial charge in [0.15, 0.2) is 0 Å². The fourth-order valence-corrected chi connectivity index (χ4v) is 3.01. The van der Waals surface area contributed by atoms with Gasteiger partial charge >= 0.3 is 0 Å². The summed E-state index contributed by atoms with van der Waals surface area (Å²) in [7, 11) is 0. The minimum absolute atomic E-state index is 0.416. The first-order chi connectivity index (χ1) is 7.05. The van der Waals surface area contributed by atoms with Crippen LogP contribution in [-0.2, 0) is 0 Å². The molecule has 94 valence electrons. The van der Waals surface area contributed by atoms with Gasteiger partial charge in [0.05, 0.1) is 5.60 Å². The number of piperidine rings is 1. The lowest BCUT2D eigenvalue weighted by molar-refractivity contribution is -0.269. The Kier molecular flexibility index (Phi) is 3.27. The van der Waals surface area contributed by atoms with Crippen molar-refractivity contribution in [2.45, 2.75) is 71.1 Å². The van der Waals surface area contributed by atoms with E-state index < -0.39 is 16.7 Å². The SMILES string of the molecule is C/C=C(/C)C1(O)CC(C)(C)N(O)C(C)(C)C1. The lowest BCUT2D eigenvalue weighted by atomic mass is 9.69. The maximum Gasteiger partial charge on any atom is 0.0890 e. The number of hydrogen-bond donors (Lipinski definition) is 2. The smallest absolute Gasteiger partial charge is 0.0890 e. The fraction of sp³-hybridized carbons (Fsp3) is 0.846. The van der Waals surface area contributed by atoms with E-state index in [2.05, 4.69) is 0 Å². The van der Waals surface area contributed by atoms with E-state index in [1.807, 2.05) is 47.6 Å². The Bertz CT molecular complexity index is 287. The molecule has 1 aliphatic heterocycles. The molecule has 1 heterocycles. The molecular weight excluding hydrogens is 202 g/mol. The van der Waals surface area contributed by atoms with Crippen LogP contribution in [-0.4, -0.2) is 32.1 Å². The van der Waals surface area contributed by atoms with Crippen molar-refractivity contribution in [1.82, 2.24) is 5.06 Å². The molecule has 1 saturated heterocycles. The van der Waals surface area contributed by atoms with Gasteiger partial charge in [-0.1, -0.05) is 6.08 Å². The number of allylic oxidation sites excluding steroid dienone is 1. The van der Waals surface area contributed by atoms with Crippen LogP contribution in [0, 0.1) is 0 Å². The summed E-state index contributed by atoms with van der Waals surface area (Å²) < 4.78 is 0. The molecule has 0 unspecified atom stereocenters. The summed E-state index contributed by atoms with van der Waals surface area (Å²) in [5, 5.41) is 22.3. The molecule has 1 rings (SSSR count). The predicted octanol–water partition coefficient (Wildman–Crippen LogP) is 2.73. The monoisotopic (exact) mass is 227 g/mol. The van der Waals surface area contributed by atoms with Gasteiger partial charge in [-0.25, -0.2) is 0 Å². The third kappa shape index (κ3) is 2.17. The Labute approximate surface area is 98.7 Å². The summed E-state index contributed by atoms with van der Waals surface area (Å²) in [5.74, 6) is 0. The van der Waals surface area contributed by atoms with Crippen LogP contribution in [0.3, 0.4) is 0 Å². The average molecular weight is 227 g/mol. The molecule has 1 aliphatic rings. The van der Waals surface area contributed by atoms with Gasteiger partial charge in [0.1, 0.15) is 0 Å². The zero-order valence-corrected chi connectivity index (χ0v) is 11.3. The Morgan fingerprint density at radius 2 is 1.50 bits per heavy atom. The molecule has 0 spiro atoms. The lowest BCUT2D eigenvalue weighted by Crippen LogP contribution is -2.64. The van der Waals surface area contributed by atoms with Gasteiger partial charge < -0.3 is 10.3 Å². The largest absolute Gasteiger partial charge is 0.385 e. The van der Waals surface area contributed by atoms with Crippen LogP contribution in [0.5, 0.6) is 0 Å². The zero-order chi connectivity index (χ0) is 12.8. The second kappa shape index (κ2) is 3.83. The minimum atomic E-state index is -0.805. The standard InChI is InChI=1S/C13H25NO2/c1-7-10(2)13(15)8-11(3,4)14(16)12(5,6)9-13/h7,15-16H,8-9H2,1-6H3/b10-7-. The maximum absolute atomic E-state index is 10.7. The maximum atomic E-state index is 10.7. The Hall–Kier alpha value is -0.380. The molecule has 16 heavy (non-hydrogen) atoms. The first-order valence-corrected chi connectivity index (χ1v) is 5.90. The quantitative estimate of drug-likeness (QED) is 0.677. The summed E-state index contributed by atoms with van der Waals surface area (Å²) in [6, 6.07) is 0. The Balaban J connectivity index is 3.13. The van der Waals surface area contributed by atoms with Crippen LogP contribution in [0.1, 0.15) is 54.4 Å². The molecule has 0 radical (unpaired) electrons. The molecule has 0 aromatic carbocycles. The number of aliphatic hydroxyl groups is 1. The van der Waals surface area contributed by atoms with Crippen LogP contribution >= 0.6 is 0 Å². The normalized spacial score (nSPS) is 29.1. The average Bonchev–Trinajstić information content (AvgIpc) is 2.11. The predicted molar refractivity (Wildman–Crippen MR) is 65.4 cm³/mol. The van der Waals surface area contributed by atoms with Crippen molar-refractivity contribution in [3.8, 4) is 0 Å². The highest BCUT2D eigenvalue weighted by Crippen LogP contribution is 2.45. The summed E-state index contributed by atoms with van der Waals surface area (Å²) >= 11 is 0. The van der Waals surface area contributed by atoms with Gasteiger partial charge in [-0.2, -0.15) is 5.06 Å². The van der Waals surface area contributed by atoms with Gasteiger partial charge in [-0.05, 0) is 47.1 Å². The van der Waals surface area contributed by atoms with Crippen molar-refractivity contribution in [3.63, 3.8) is 0 Å². The fourth-order valence-electron chi connectivity index (χ4n) is 3.01. The third-order valence-corrected chi connectivity index (χ3v) is 3.76. The number of hydroxylamine groups is 2. The highest BCUT2D eigenvalue weighted by molar-refractivity contribution is 5.20. The molecule has 0 aliphatic carbocycles. The second-order valence-corrected chi connectivity index (χ2v) is 6.29. The van der Waals surface area contributed by atoms with E-state index in [1.165, 1.54) is 5.06 Å². The first-order valence-electron chi connectivity index (χ1n) is 5.90. The van der Waals surface area contributed by atoms with Crippen molar-refractivity contribution < 1.29 is 10.3 Å². The van der Waals surface area contributed by atoms with Crippen molar-refractivity contribution in [2.24, 2.45) is 0 Å². The highest BCUT2D eigenvalue weighted by Gasteiger charge is 2.51. The van der Waals surface area contributed by atoms with E-state index in [0.29, 0.717) is 12.8 Å². The molecular formula is C13H25NO2. The molecule has 0 atom stereocenters. The topological polar surface area (TPSA) is 43.7 Å². The van der Waals surface area contributed by atoms with Crippen LogP contribution < -0.4 is 0 Å². The summed E-state index contributed by atoms with van der Waals surface area (Å²) in [6.45, 7) is 11.7. The van der Waals surface area contributed by atoms with E-state index in [1.54, 1.807) is 0 Å². The zero-order valence-electron chi connectivity index (χ0n) is 11.3. The number of rotatable bonds is 1. The molecule has 0 aromatic rings. The van der Waals surface area contributed by atoms with Crippen molar-refractivity contribution in [3.05, 3.63) is 11.6 Å². The van der Waals surface area contributed by atoms with E-state index in [9.17, 15) is 10.3 Å². The number of nitrogens with zero attached hydrogens (tertiary/aromatic N) is 1. The van der Waals surface area contributed by atoms with Crippen LogP contribution in [0.25, 0.3) is 0 Å².